The number of hydrogen-bond acceptors (Lipinski definition) is 2. The number of piperazine rings is 1. The van der Waals surface area contributed by atoms with Crippen LogP contribution in [0.25, 0.3) is 0 Å². The molecule has 1 saturated carbocycles. The summed E-state index contributed by atoms with van der Waals surface area (Å²) in [6, 6.07) is 0. The first kappa shape index (κ1) is 20.6. The highest BCUT2D eigenvalue weighted by Crippen LogP contribution is 2.32. The molecule has 6 nitrogen and oxygen atoms in total. The van der Waals surface area contributed by atoms with E-state index in [1.54, 1.807) is 0 Å². The van der Waals surface area contributed by atoms with Gasteiger partial charge in [0.25, 0.3) is 11.8 Å². The first-order chi connectivity index (χ1) is 12.8. The molecular weight excluding hydrogens is 340 g/mol. The molecule has 2 amide bonds. The molecule has 0 spiro atoms. The van der Waals surface area contributed by atoms with E-state index < -0.39 is 0 Å². The van der Waals surface area contributed by atoms with E-state index in [4.69, 9.17) is 0 Å². The predicted octanol–water partition coefficient (Wildman–Crippen LogP) is -1.28. The Morgan fingerprint density at radius 3 is 2.26 bits per heavy atom. The lowest BCUT2D eigenvalue weighted by Gasteiger charge is -2.39. The van der Waals surface area contributed by atoms with Crippen molar-refractivity contribution in [3.8, 4) is 0 Å². The Kier molecular flexibility index (Phi) is 6.79. The Morgan fingerprint density at radius 1 is 0.926 bits per heavy atom. The van der Waals surface area contributed by atoms with Crippen LogP contribution in [-0.2, 0) is 9.59 Å². The van der Waals surface area contributed by atoms with Gasteiger partial charge in [0.1, 0.15) is 0 Å². The van der Waals surface area contributed by atoms with Crippen LogP contribution in [0, 0.1) is 11.8 Å². The van der Waals surface area contributed by atoms with E-state index in [1.165, 1.54) is 55.0 Å². The number of fused-ring (bicyclic) bond motifs is 1. The summed E-state index contributed by atoms with van der Waals surface area (Å²) in [5.41, 5.74) is -0.178. The fraction of sp³-hybridized carbons (Fsp3) is 0.905. The maximum Gasteiger partial charge on any atom is 0.278 e. The molecule has 3 N–H and O–H groups in total. The molecule has 1 unspecified atom stereocenters. The van der Waals surface area contributed by atoms with Crippen molar-refractivity contribution in [3.63, 3.8) is 0 Å². The van der Waals surface area contributed by atoms with Gasteiger partial charge in [-0.2, -0.15) is 0 Å². The lowest BCUT2D eigenvalue weighted by Crippen LogP contribution is -3.17. The molecule has 3 aliphatic rings. The zero-order valence-corrected chi connectivity index (χ0v) is 17.6. The standard InChI is InChI=1S/C21H38N4O2/c1-21(2,3)22-19(26)15-23-10-12-25(13-11-23)20(27)16-24-9-8-17-6-4-5-7-18(17)14-24/h17-18H,4-16H2,1-3H3,(H,22,26)/p+2/t17-,18-/m1/s1. The van der Waals surface area contributed by atoms with Crippen LogP contribution in [0.1, 0.15) is 52.9 Å². The summed E-state index contributed by atoms with van der Waals surface area (Å²) in [6.07, 6.45) is 6.90. The summed E-state index contributed by atoms with van der Waals surface area (Å²) in [6.45, 7) is 12.9. The Bertz CT molecular complexity index is 523. The van der Waals surface area contributed by atoms with Gasteiger partial charge in [-0.05, 0) is 46.0 Å². The summed E-state index contributed by atoms with van der Waals surface area (Å²) in [4.78, 5) is 29.7. The van der Waals surface area contributed by atoms with Crippen molar-refractivity contribution in [1.29, 1.82) is 0 Å². The number of hydrogen-bond donors (Lipinski definition) is 3. The van der Waals surface area contributed by atoms with Crippen molar-refractivity contribution in [1.82, 2.24) is 10.2 Å². The average molecular weight is 381 g/mol. The van der Waals surface area contributed by atoms with Crippen LogP contribution in [0.4, 0.5) is 0 Å². The molecule has 154 valence electrons. The van der Waals surface area contributed by atoms with Gasteiger partial charge in [0, 0.05) is 11.5 Å². The van der Waals surface area contributed by atoms with Crippen molar-refractivity contribution in [3.05, 3.63) is 0 Å². The van der Waals surface area contributed by atoms with E-state index >= 15 is 0 Å². The van der Waals surface area contributed by atoms with Crippen LogP contribution in [0.15, 0.2) is 0 Å². The summed E-state index contributed by atoms with van der Waals surface area (Å²) in [7, 11) is 0. The number of carbonyl (C=O) groups is 2. The van der Waals surface area contributed by atoms with Crippen LogP contribution in [-0.4, -0.2) is 74.6 Å². The summed E-state index contributed by atoms with van der Waals surface area (Å²) < 4.78 is 0. The topological polar surface area (TPSA) is 58.3 Å². The Morgan fingerprint density at radius 2 is 1.59 bits per heavy atom. The molecular formula is C21H40N4O2+2. The van der Waals surface area contributed by atoms with Gasteiger partial charge in [-0.1, -0.05) is 12.8 Å². The van der Waals surface area contributed by atoms with Crippen LogP contribution in [0.5, 0.6) is 0 Å². The van der Waals surface area contributed by atoms with Crippen LogP contribution in [0.3, 0.4) is 0 Å². The van der Waals surface area contributed by atoms with Gasteiger partial charge in [-0.25, -0.2) is 0 Å². The fourth-order valence-electron chi connectivity index (χ4n) is 5.22. The lowest BCUT2D eigenvalue weighted by molar-refractivity contribution is -0.904. The third-order valence-corrected chi connectivity index (χ3v) is 6.64. The minimum absolute atomic E-state index is 0.108. The van der Waals surface area contributed by atoms with E-state index in [0.29, 0.717) is 19.0 Å². The maximum absolute atomic E-state index is 12.8. The molecule has 0 radical (unpaired) electrons. The number of likely N-dealkylation sites (tertiary alicyclic amines) is 1. The van der Waals surface area contributed by atoms with Crippen molar-refractivity contribution >= 4 is 11.8 Å². The van der Waals surface area contributed by atoms with Gasteiger partial charge >= 0.3 is 0 Å². The van der Waals surface area contributed by atoms with E-state index in [-0.39, 0.29) is 11.4 Å². The molecule has 3 rings (SSSR count). The molecule has 1 aliphatic carbocycles. The molecule has 27 heavy (non-hydrogen) atoms. The maximum atomic E-state index is 12.8. The van der Waals surface area contributed by atoms with E-state index in [9.17, 15) is 9.59 Å². The molecule has 6 heteroatoms. The summed E-state index contributed by atoms with van der Waals surface area (Å²) in [5, 5.41) is 3.03. The molecule has 2 heterocycles. The second-order valence-corrected chi connectivity index (χ2v) is 10.1. The number of rotatable bonds is 4. The number of quaternary nitrogens is 2. The third kappa shape index (κ3) is 6.18. The van der Waals surface area contributed by atoms with Crippen LogP contribution < -0.4 is 15.1 Å². The minimum atomic E-state index is -0.178. The zero-order valence-electron chi connectivity index (χ0n) is 17.6. The summed E-state index contributed by atoms with van der Waals surface area (Å²) >= 11 is 0. The van der Waals surface area contributed by atoms with Gasteiger partial charge < -0.3 is 20.0 Å². The van der Waals surface area contributed by atoms with E-state index in [2.05, 4.69) is 5.32 Å². The highest BCUT2D eigenvalue weighted by Gasteiger charge is 2.35. The highest BCUT2D eigenvalue weighted by atomic mass is 16.2. The first-order valence-corrected chi connectivity index (χ1v) is 11.1. The van der Waals surface area contributed by atoms with Crippen molar-refractivity contribution < 1.29 is 19.4 Å². The molecule has 3 atom stereocenters. The SMILES string of the molecule is CC(C)(C)NC(=O)C[NH+]1CCN(C(=O)C[NH+]2CC[C@H]3CCCC[C@@H]3C2)CC1. The molecule has 2 saturated heterocycles. The largest absolute Gasteiger partial charge is 0.347 e. The number of amides is 2. The predicted molar refractivity (Wildman–Crippen MR) is 106 cm³/mol. The monoisotopic (exact) mass is 380 g/mol. The Hall–Kier alpha value is -1.14. The quantitative estimate of drug-likeness (QED) is 0.569. The van der Waals surface area contributed by atoms with E-state index in [1.807, 2.05) is 25.7 Å². The fourth-order valence-corrected chi connectivity index (χ4v) is 5.22. The van der Waals surface area contributed by atoms with Crippen LogP contribution in [0.2, 0.25) is 0 Å². The molecule has 0 aromatic carbocycles. The third-order valence-electron chi connectivity index (χ3n) is 6.64. The molecule has 2 aliphatic heterocycles. The molecule has 0 aromatic rings. The first-order valence-electron chi connectivity index (χ1n) is 11.1. The molecule has 0 bridgehead atoms. The van der Waals surface area contributed by atoms with Crippen molar-refractivity contribution in [2.24, 2.45) is 11.8 Å². The van der Waals surface area contributed by atoms with Crippen molar-refractivity contribution in [2.45, 2.75) is 58.4 Å². The van der Waals surface area contributed by atoms with Gasteiger partial charge in [0.2, 0.25) is 0 Å². The van der Waals surface area contributed by atoms with Gasteiger partial charge in [-0.3, -0.25) is 9.59 Å². The van der Waals surface area contributed by atoms with Crippen LogP contribution >= 0.6 is 0 Å². The highest BCUT2D eigenvalue weighted by molar-refractivity contribution is 5.78. The second kappa shape index (κ2) is 8.91. The Balaban J connectivity index is 1.38. The van der Waals surface area contributed by atoms with Gasteiger partial charge in [0.15, 0.2) is 13.1 Å². The van der Waals surface area contributed by atoms with E-state index in [0.717, 1.165) is 38.0 Å². The van der Waals surface area contributed by atoms with Gasteiger partial charge in [-0.15, -0.1) is 0 Å². The number of carbonyl (C=O) groups excluding carboxylic acids is 2. The molecule has 0 aromatic heterocycles. The number of nitrogens with zero attached hydrogens (tertiary/aromatic N) is 1. The van der Waals surface area contributed by atoms with Crippen molar-refractivity contribution in [2.75, 3.05) is 52.4 Å². The van der Waals surface area contributed by atoms with Gasteiger partial charge in [0.05, 0.1) is 39.3 Å². The average Bonchev–Trinajstić information content (AvgIpc) is 2.60. The lowest BCUT2D eigenvalue weighted by atomic mass is 9.75. The summed E-state index contributed by atoms with van der Waals surface area (Å²) in [5.74, 6) is 2.22. The molecule has 3 fully saturated rings. The second-order valence-electron chi connectivity index (χ2n) is 10.1. The Labute approximate surface area is 164 Å². The zero-order chi connectivity index (χ0) is 19.4. The smallest absolute Gasteiger partial charge is 0.278 e. The number of nitrogens with one attached hydrogen (secondary N) is 3. The number of piperidine rings is 1. The normalized spacial score (nSPS) is 29.9. The minimum Gasteiger partial charge on any atom is -0.347 e.